The van der Waals surface area contributed by atoms with E-state index in [0.29, 0.717) is 51.1 Å². The lowest BCUT2D eigenvalue weighted by molar-refractivity contribution is -0.117. The Hall–Kier alpha value is -3.33. The van der Waals surface area contributed by atoms with Gasteiger partial charge in [-0.15, -0.1) is 0 Å². The van der Waals surface area contributed by atoms with E-state index in [0.717, 1.165) is 17.5 Å². The minimum atomic E-state index is -3.62. The van der Waals surface area contributed by atoms with Gasteiger partial charge in [-0.05, 0) is 49.0 Å². The first-order valence-electron chi connectivity index (χ1n) is 12.0. The highest BCUT2D eigenvalue weighted by Gasteiger charge is 2.39. The molecule has 9 heteroatoms. The molecule has 2 N–H and O–H groups in total. The third-order valence-corrected chi connectivity index (χ3v) is 9.00. The fourth-order valence-electron chi connectivity index (χ4n) is 4.78. The Morgan fingerprint density at radius 3 is 2.37 bits per heavy atom. The van der Waals surface area contributed by atoms with Gasteiger partial charge in [0.1, 0.15) is 0 Å². The van der Waals surface area contributed by atoms with Crippen LogP contribution >= 0.6 is 0 Å². The topological polar surface area (TPSA) is 98.8 Å². The van der Waals surface area contributed by atoms with E-state index in [-0.39, 0.29) is 18.0 Å². The van der Waals surface area contributed by atoms with E-state index in [1.165, 1.54) is 10.4 Å². The van der Waals surface area contributed by atoms with E-state index >= 15 is 0 Å². The van der Waals surface area contributed by atoms with Gasteiger partial charge in [-0.3, -0.25) is 9.10 Å². The number of nitrogens with zero attached hydrogens (tertiary/aromatic N) is 2. The van der Waals surface area contributed by atoms with Crippen LogP contribution in [0.15, 0.2) is 67.3 Å². The number of rotatable bonds is 7. The number of hydrogen-bond donors (Lipinski definition) is 2. The van der Waals surface area contributed by atoms with Crippen LogP contribution in [0.3, 0.4) is 0 Å². The van der Waals surface area contributed by atoms with Crippen molar-refractivity contribution in [1.82, 2.24) is 15.5 Å². The molecule has 1 atom stereocenters. The molecule has 2 aliphatic rings. The first-order valence-corrected chi connectivity index (χ1v) is 13.5. The van der Waals surface area contributed by atoms with Gasteiger partial charge in [0.05, 0.1) is 17.0 Å². The van der Waals surface area contributed by atoms with Crippen LogP contribution in [0.2, 0.25) is 0 Å². The molecule has 0 spiro atoms. The molecule has 0 saturated carbocycles. The molecule has 1 fully saturated rings. The maximum absolute atomic E-state index is 13.6. The van der Waals surface area contributed by atoms with Crippen molar-refractivity contribution < 1.29 is 18.0 Å². The molecule has 2 aliphatic heterocycles. The summed E-state index contributed by atoms with van der Waals surface area (Å²) in [7, 11) is -3.62. The Kier molecular flexibility index (Phi) is 7.75. The summed E-state index contributed by atoms with van der Waals surface area (Å²) in [5, 5.41) is 5.28. The molecule has 0 aliphatic carbocycles. The van der Waals surface area contributed by atoms with Crippen LogP contribution in [-0.4, -0.2) is 56.7 Å². The summed E-state index contributed by atoms with van der Waals surface area (Å²) in [5.74, 6) is -0.282. The summed E-state index contributed by atoms with van der Waals surface area (Å²) in [6.07, 6.45) is 3.24. The number of urea groups is 1. The molecule has 2 aromatic carbocycles. The zero-order valence-electron chi connectivity index (χ0n) is 19.7. The van der Waals surface area contributed by atoms with Gasteiger partial charge in [0.25, 0.3) is 0 Å². The molecular formula is C26H32N4O4S. The van der Waals surface area contributed by atoms with Crippen molar-refractivity contribution in [2.75, 3.05) is 30.5 Å². The second-order valence-electron chi connectivity index (χ2n) is 8.88. The molecule has 1 unspecified atom stereocenters. The molecule has 2 aromatic rings. The van der Waals surface area contributed by atoms with Crippen LogP contribution < -0.4 is 14.9 Å². The highest BCUT2D eigenvalue weighted by molar-refractivity contribution is 7.93. The Morgan fingerprint density at radius 2 is 1.66 bits per heavy atom. The number of likely N-dealkylation sites (tertiary alicyclic amines) is 1. The standard InChI is InChI=1S/C26H32N4O4S/c1-2-25(31)28-23-15-19-30(24-11-7-6-10-22(23)24)35(33,34)21-13-17-29(18-14-21)26(32)27-16-12-20-8-4-3-5-9-20/h2-11,21,23H,1,12-19H2,(H,27,32)(H,28,31). The van der Waals surface area contributed by atoms with Crippen LogP contribution in [0.25, 0.3) is 0 Å². The Morgan fingerprint density at radius 1 is 0.971 bits per heavy atom. The number of amides is 3. The smallest absolute Gasteiger partial charge is 0.317 e. The van der Waals surface area contributed by atoms with E-state index in [1.807, 2.05) is 42.5 Å². The average molecular weight is 497 g/mol. The van der Waals surface area contributed by atoms with E-state index in [1.54, 1.807) is 17.0 Å². The molecule has 2 heterocycles. The molecule has 186 valence electrons. The molecule has 4 rings (SSSR count). The van der Waals surface area contributed by atoms with Crippen molar-refractivity contribution in [3.8, 4) is 0 Å². The minimum Gasteiger partial charge on any atom is -0.346 e. The Labute approximate surface area is 207 Å². The monoisotopic (exact) mass is 496 g/mol. The number of sulfonamides is 1. The first kappa shape index (κ1) is 24.8. The van der Waals surface area contributed by atoms with Gasteiger partial charge in [-0.1, -0.05) is 55.1 Å². The van der Waals surface area contributed by atoms with Crippen LogP contribution in [0.5, 0.6) is 0 Å². The molecule has 1 saturated heterocycles. The molecule has 35 heavy (non-hydrogen) atoms. The average Bonchev–Trinajstić information content (AvgIpc) is 2.89. The van der Waals surface area contributed by atoms with Crippen molar-refractivity contribution in [2.45, 2.75) is 37.0 Å². The second-order valence-corrected chi connectivity index (χ2v) is 11.0. The zero-order chi connectivity index (χ0) is 24.8. The summed E-state index contributed by atoms with van der Waals surface area (Å²) in [5.41, 5.74) is 2.55. The van der Waals surface area contributed by atoms with Crippen molar-refractivity contribution in [3.05, 3.63) is 78.4 Å². The maximum Gasteiger partial charge on any atom is 0.317 e. The number of piperidine rings is 1. The van der Waals surface area contributed by atoms with E-state index in [4.69, 9.17) is 0 Å². The number of carbonyl (C=O) groups is 2. The van der Waals surface area contributed by atoms with Crippen molar-refractivity contribution >= 4 is 27.6 Å². The van der Waals surface area contributed by atoms with E-state index < -0.39 is 15.3 Å². The highest BCUT2D eigenvalue weighted by Crippen LogP contribution is 2.37. The zero-order valence-corrected chi connectivity index (χ0v) is 20.5. The summed E-state index contributed by atoms with van der Waals surface area (Å²) in [6.45, 7) is 5.12. The summed E-state index contributed by atoms with van der Waals surface area (Å²) in [4.78, 5) is 26.1. The number of hydrogen-bond acceptors (Lipinski definition) is 4. The predicted molar refractivity (Wildman–Crippen MR) is 137 cm³/mol. The van der Waals surface area contributed by atoms with Crippen molar-refractivity contribution in [1.29, 1.82) is 0 Å². The lowest BCUT2D eigenvalue weighted by Crippen LogP contribution is -2.51. The molecule has 0 radical (unpaired) electrons. The van der Waals surface area contributed by atoms with Crippen LogP contribution in [0.4, 0.5) is 10.5 Å². The van der Waals surface area contributed by atoms with Gasteiger partial charge in [-0.2, -0.15) is 0 Å². The van der Waals surface area contributed by atoms with Crippen molar-refractivity contribution in [2.24, 2.45) is 0 Å². The molecule has 0 bridgehead atoms. The van der Waals surface area contributed by atoms with Crippen LogP contribution in [0, 0.1) is 0 Å². The molecule has 8 nitrogen and oxygen atoms in total. The third-order valence-electron chi connectivity index (χ3n) is 6.69. The van der Waals surface area contributed by atoms with E-state index in [2.05, 4.69) is 17.2 Å². The van der Waals surface area contributed by atoms with Gasteiger partial charge in [0.2, 0.25) is 15.9 Å². The van der Waals surface area contributed by atoms with E-state index in [9.17, 15) is 18.0 Å². The fourth-order valence-corrected chi connectivity index (χ4v) is 6.75. The van der Waals surface area contributed by atoms with Crippen LogP contribution in [-0.2, 0) is 21.2 Å². The molecule has 3 amide bonds. The van der Waals surface area contributed by atoms with Gasteiger partial charge < -0.3 is 15.5 Å². The van der Waals surface area contributed by atoms with Gasteiger partial charge in [0, 0.05) is 26.2 Å². The second kappa shape index (κ2) is 10.9. The lowest BCUT2D eigenvalue weighted by Gasteiger charge is -2.39. The molecular weight excluding hydrogens is 464 g/mol. The van der Waals surface area contributed by atoms with Gasteiger partial charge in [-0.25, -0.2) is 13.2 Å². The fraction of sp³-hybridized carbons (Fsp3) is 0.385. The number of benzene rings is 2. The lowest BCUT2D eigenvalue weighted by atomic mass is 9.98. The van der Waals surface area contributed by atoms with Crippen molar-refractivity contribution in [3.63, 3.8) is 0 Å². The first-order chi connectivity index (χ1) is 16.9. The largest absolute Gasteiger partial charge is 0.346 e. The number of carbonyl (C=O) groups excluding carboxylic acids is 2. The predicted octanol–water partition coefficient (Wildman–Crippen LogP) is 2.99. The summed E-state index contributed by atoms with van der Waals surface area (Å²) < 4.78 is 28.7. The Bertz CT molecular complexity index is 1160. The number of para-hydroxylation sites is 1. The number of fused-ring (bicyclic) bond motifs is 1. The maximum atomic E-state index is 13.6. The molecule has 0 aromatic heterocycles. The third kappa shape index (κ3) is 5.67. The summed E-state index contributed by atoms with van der Waals surface area (Å²) >= 11 is 0. The SMILES string of the molecule is C=CC(=O)NC1CCN(S(=O)(=O)C2CCN(C(=O)NCCc3ccccc3)CC2)c2ccccc21. The highest BCUT2D eigenvalue weighted by atomic mass is 32.2. The normalized spacial score (nSPS) is 18.5. The number of nitrogens with one attached hydrogen (secondary N) is 2. The Balaban J connectivity index is 1.36. The minimum absolute atomic E-state index is 0.152. The summed E-state index contributed by atoms with van der Waals surface area (Å²) in [6, 6.07) is 16.8. The number of anilines is 1. The van der Waals surface area contributed by atoms with Gasteiger partial charge in [0.15, 0.2) is 0 Å². The van der Waals surface area contributed by atoms with Gasteiger partial charge >= 0.3 is 6.03 Å². The van der Waals surface area contributed by atoms with Crippen LogP contribution in [0.1, 0.15) is 36.4 Å². The quantitative estimate of drug-likeness (QED) is 0.576.